The van der Waals surface area contributed by atoms with Crippen molar-refractivity contribution in [3.05, 3.63) is 56.5 Å². The Morgan fingerprint density at radius 3 is 2.67 bits per heavy atom. The van der Waals surface area contributed by atoms with Crippen molar-refractivity contribution in [2.75, 3.05) is 12.4 Å². The van der Waals surface area contributed by atoms with Crippen LogP contribution in [0.4, 0.5) is 5.69 Å². The Hall–Kier alpha value is -2.43. The number of primary amides is 1. The second-order valence-corrected chi connectivity index (χ2v) is 8.64. The Kier molecular flexibility index (Phi) is 6.49. The van der Waals surface area contributed by atoms with Gasteiger partial charge >= 0.3 is 0 Å². The van der Waals surface area contributed by atoms with Crippen LogP contribution in [0.2, 0.25) is 0 Å². The molecule has 1 aliphatic heterocycles. The lowest BCUT2D eigenvalue weighted by Crippen LogP contribution is -2.50. The van der Waals surface area contributed by atoms with Gasteiger partial charge in [-0.25, -0.2) is 0 Å². The maximum atomic E-state index is 13.2. The van der Waals surface area contributed by atoms with Gasteiger partial charge < -0.3 is 26.2 Å². The van der Waals surface area contributed by atoms with Gasteiger partial charge in [-0.15, -0.1) is 0 Å². The number of anilines is 1. The van der Waals surface area contributed by atoms with Crippen molar-refractivity contribution >= 4 is 55.3 Å². The third-order valence-corrected chi connectivity index (χ3v) is 5.90. The summed E-state index contributed by atoms with van der Waals surface area (Å²) in [6.07, 6.45) is -0.657. The van der Waals surface area contributed by atoms with Crippen LogP contribution in [0.1, 0.15) is 30.0 Å². The van der Waals surface area contributed by atoms with E-state index in [2.05, 4.69) is 42.5 Å². The molecule has 0 bridgehead atoms. The highest BCUT2D eigenvalue weighted by Gasteiger charge is 2.45. The number of methoxy groups -OCH3 is 1. The van der Waals surface area contributed by atoms with Crippen LogP contribution < -0.4 is 21.1 Å². The summed E-state index contributed by atoms with van der Waals surface area (Å²) < 4.78 is 6.46. The molecule has 10 heteroatoms. The molecular formula is C20H19Br2N3O5. The van der Waals surface area contributed by atoms with E-state index in [0.717, 1.165) is 0 Å². The van der Waals surface area contributed by atoms with Gasteiger partial charge in [0.25, 0.3) is 5.91 Å². The number of aliphatic hydroxyl groups is 1. The van der Waals surface area contributed by atoms with E-state index < -0.39 is 35.8 Å². The van der Waals surface area contributed by atoms with Crippen molar-refractivity contribution in [1.82, 2.24) is 5.32 Å². The van der Waals surface area contributed by atoms with Crippen molar-refractivity contribution in [1.29, 1.82) is 0 Å². The first-order valence-corrected chi connectivity index (χ1v) is 10.5. The predicted octanol–water partition coefficient (Wildman–Crippen LogP) is 2.48. The number of nitrogens with two attached hydrogens (primary N) is 1. The van der Waals surface area contributed by atoms with E-state index in [1.807, 2.05) is 0 Å². The van der Waals surface area contributed by atoms with Gasteiger partial charge in [0.2, 0.25) is 11.8 Å². The van der Waals surface area contributed by atoms with Gasteiger partial charge in [-0.3, -0.25) is 14.4 Å². The number of amides is 3. The van der Waals surface area contributed by atoms with Crippen molar-refractivity contribution in [3.63, 3.8) is 0 Å². The Bertz CT molecular complexity index is 1030. The van der Waals surface area contributed by atoms with Crippen LogP contribution in [0.15, 0.2) is 45.3 Å². The molecule has 1 aliphatic rings. The third kappa shape index (κ3) is 4.50. The number of halogens is 2. The van der Waals surface area contributed by atoms with Crippen LogP contribution >= 0.6 is 31.9 Å². The third-order valence-electron chi connectivity index (χ3n) is 4.78. The Labute approximate surface area is 189 Å². The number of carbonyl (C=O) groups excluding carboxylic acids is 3. The highest BCUT2D eigenvalue weighted by atomic mass is 79.9. The highest BCUT2D eigenvalue weighted by Crippen LogP contribution is 2.38. The van der Waals surface area contributed by atoms with E-state index in [9.17, 15) is 19.5 Å². The minimum absolute atomic E-state index is 0.196. The summed E-state index contributed by atoms with van der Waals surface area (Å²) in [6.45, 7) is 0. The van der Waals surface area contributed by atoms with E-state index >= 15 is 0 Å². The molecule has 2 atom stereocenters. The van der Waals surface area contributed by atoms with Crippen molar-refractivity contribution in [2.24, 2.45) is 5.73 Å². The van der Waals surface area contributed by atoms with Gasteiger partial charge in [-0.05, 0) is 51.8 Å². The molecule has 0 aliphatic carbocycles. The number of rotatable bonds is 6. The summed E-state index contributed by atoms with van der Waals surface area (Å²) in [6, 6.07) is 9.08. The zero-order chi connectivity index (χ0) is 22.1. The fourth-order valence-corrected chi connectivity index (χ4v) is 4.24. The van der Waals surface area contributed by atoms with Crippen LogP contribution in [0.3, 0.4) is 0 Å². The maximum absolute atomic E-state index is 13.2. The average molecular weight is 541 g/mol. The summed E-state index contributed by atoms with van der Waals surface area (Å²) >= 11 is 6.69. The molecule has 0 radical (unpaired) electrons. The molecule has 0 spiro atoms. The van der Waals surface area contributed by atoms with Crippen LogP contribution in [0.25, 0.3) is 0 Å². The summed E-state index contributed by atoms with van der Waals surface area (Å²) in [5, 5.41) is 16.5. The molecule has 0 saturated heterocycles. The number of ether oxygens (including phenoxy) is 1. The van der Waals surface area contributed by atoms with Gasteiger partial charge in [0.15, 0.2) is 5.60 Å². The predicted molar refractivity (Wildman–Crippen MR) is 117 cm³/mol. The summed E-state index contributed by atoms with van der Waals surface area (Å²) in [5.41, 5.74) is 4.43. The first kappa shape index (κ1) is 22.3. The zero-order valence-electron chi connectivity index (χ0n) is 15.9. The lowest BCUT2D eigenvalue weighted by molar-refractivity contribution is -0.146. The maximum Gasteiger partial charge on any atom is 0.257 e. The number of benzene rings is 2. The molecule has 158 valence electrons. The largest absolute Gasteiger partial charge is 0.496 e. The van der Waals surface area contributed by atoms with Crippen LogP contribution in [-0.4, -0.2) is 29.9 Å². The minimum atomic E-state index is -2.11. The normalized spacial score (nSPS) is 18.7. The smallest absolute Gasteiger partial charge is 0.257 e. The van der Waals surface area contributed by atoms with Crippen LogP contribution in [-0.2, 0) is 20.0 Å². The topological polar surface area (TPSA) is 131 Å². The highest BCUT2D eigenvalue weighted by molar-refractivity contribution is 9.10. The van der Waals surface area contributed by atoms with Gasteiger partial charge in [0, 0.05) is 15.7 Å². The first-order valence-electron chi connectivity index (χ1n) is 8.89. The fraction of sp³-hybridized carbons (Fsp3) is 0.250. The Balaban J connectivity index is 1.96. The molecule has 2 aromatic rings. The summed E-state index contributed by atoms with van der Waals surface area (Å²) in [4.78, 5) is 36.9. The van der Waals surface area contributed by atoms with Gasteiger partial charge in [-0.1, -0.05) is 22.0 Å². The number of hydrogen-bond donors (Lipinski definition) is 4. The van der Waals surface area contributed by atoms with Crippen LogP contribution in [0, 0.1) is 0 Å². The molecule has 3 amide bonds. The minimum Gasteiger partial charge on any atom is -0.496 e. The number of carbonyl (C=O) groups is 3. The molecule has 30 heavy (non-hydrogen) atoms. The van der Waals surface area contributed by atoms with Crippen molar-refractivity contribution in [3.8, 4) is 5.75 Å². The van der Waals surface area contributed by atoms with E-state index in [-0.39, 0.29) is 12.0 Å². The van der Waals surface area contributed by atoms with E-state index in [4.69, 9.17) is 10.5 Å². The quantitative estimate of drug-likeness (QED) is 0.447. The molecule has 2 unspecified atom stereocenters. The molecule has 1 heterocycles. The number of nitrogens with one attached hydrogen (secondary N) is 2. The van der Waals surface area contributed by atoms with E-state index in [0.29, 0.717) is 25.9 Å². The number of fused-ring (bicyclic) bond motifs is 1. The van der Waals surface area contributed by atoms with Gasteiger partial charge in [-0.2, -0.15) is 0 Å². The molecule has 5 N–H and O–H groups in total. The number of hydrogen-bond acceptors (Lipinski definition) is 5. The second-order valence-electron chi connectivity index (χ2n) is 6.87. The standard InChI is InChI=1S/C20H19Br2N3O5/c1-30-16-5-2-10(6-13(16)22)15(8-17(23)26)25-19(28)20(29)9-18(27)24-14-4-3-11(21)7-12(14)20/h2-7,15,29H,8-9H2,1H3,(H2,23,26)(H,24,27)(H,25,28). The van der Waals surface area contributed by atoms with Crippen molar-refractivity contribution < 1.29 is 24.2 Å². The summed E-state index contributed by atoms with van der Waals surface area (Å²) in [7, 11) is 1.52. The van der Waals surface area contributed by atoms with Gasteiger partial charge in [0.1, 0.15) is 5.75 Å². The zero-order valence-corrected chi connectivity index (χ0v) is 19.0. The van der Waals surface area contributed by atoms with Gasteiger partial charge in [0.05, 0.1) is 30.5 Å². The lowest BCUT2D eigenvalue weighted by Gasteiger charge is -2.34. The molecule has 8 nitrogen and oxygen atoms in total. The monoisotopic (exact) mass is 539 g/mol. The average Bonchev–Trinajstić information content (AvgIpc) is 2.67. The molecule has 0 saturated carbocycles. The first-order chi connectivity index (χ1) is 14.1. The van der Waals surface area contributed by atoms with Crippen LogP contribution in [0.5, 0.6) is 5.75 Å². The van der Waals surface area contributed by atoms with E-state index in [1.54, 1.807) is 36.4 Å². The molecule has 0 aromatic heterocycles. The summed E-state index contributed by atoms with van der Waals surface area (Å²) in [5.74, 6) is -1.37. The SMILES string of the molecule is COc1ccc(C(CC(N)=O)NC(=O)C2(O)CC(=O)Nc3ccc(Br)cc32)cc1Br. The Morgan fingerprint density at radius 2 is 2.03 bits per heavy atom. The second kappa shape index (κ2) is 8.75. The van der Waals surface area contributed by atoms with E-state index in [1.165, 1.54) is 7.11 Å². The Morgan fingerprint density at radius 1 is 1.30 bits per heavy atom. The molecule has 2 aromatic carbocycles. The molecule has 3 rings (SSSR count). The molecular weight excluding hydrogens is 522 g/mol. The lowest BCUT2D eigenvalue weighted by atomic mass is 9.84. The van der Waals surface area contributed by atoms with Crippen molar-refractivity contribution in [2.45, 2.75) is 24.5 Å². The molecule has 0 fully saturated rings. The fourth-order valence-electron chi connectivity index (χ4n) is 3.32.